The fraction of sp³-hybridized carbons (Fsp3) is 0.818. The van der Waals surface area contributed by atoms with E-state index in [-0.39, 0.29) is 11.8 Å². The third-order valence-electron chi connectivity index (χ3n) is 2.83. The van der Waals surface area contributed by atoms with Crippen molar-refractivity contribution in [2.24, 2.45) is 5.92 Å². The van der Waals surface area contributed by atoms with E-state index in [0.717, 1.165) is 45.1 Å². The zero-order chi connectivity index (χ0) is 10.4. The summed E-state index contributed by atoms with van der Waals surface area (Å²) in [5.74, 6) is 0.446. The lowest BCUT2D eigenvalue weighted by molar-refractivity contribution is -0.133. The predicted octanol–water partition coefficient (Wildman–Crippen LogP) is 1.61. The second-order valence-electron chi connectivity index (χ2n) is 3.96. The van der Waals surface area contributed by atoms with Gasteiger partial charge in [0.2, 0.25) is 5.91 Å². The number of hydrogen-bond acceptors (Lipinski definition) is 2. The molecule has 0 aromatic heterocycles. The van der Waals surface area contributed by atoms with Gasteiger partial charge in [0.1, 0.15) is 6.29 Å². The van der Waals surface area contributed by atoms with Gasteiger partial charge in [-0.1, -0.05) is 13.3 Å². The molecule has 3 nitrogen and oxygen atoms in total. The van der Waals surface area contributed by atoms with Gasteiger partial charge in [-0.2, -0.15) is 0 Å². The molecule has 0 unspecified atom stereocenters. The minimum absolute atomic E-state index is 0.185. The van der Waals surface area contributed by atoms with Crippen LogP contribution in [0.4, 0.5) is 0 Å². The summed E-state index contributed by atoms with van der Waals surface area (Å²) < 4.78 is 0. The first-order valence-corrected chi connectivity index (χ1v) is 5.51. The first-order chi connectivity index (χ1) is 6.77. The van der Waals surface area contributed by atoms with Crippen molar-refractivity contribution in [1.82, 2.24) is 4.90 Å². The van der Waals surface area contributed by atoms with Gasteiger partial charge < -0.3 is 9.69 Å². The largest absolute Gasteiger partial charge is 0.343 e. The van der Waals surface area contributed by atoms with E-state index >= 15 is 0 Å². The van der Waals surface area contributed by atoms with Crippen LogP contribution in [0.25, 0.3) is 0 Å². The Hall–Kier alpha value is -0.860. The Morgan fingerprint density at radius 2 is 2.07 bits per heavy atom. The monoisotopic (exact) mass is 197 g/mol. The number of carbonyl (C=O) groups excluding carboxylic acids is 2. The summed E-state index contributed by atoms with van der Waals surface area (Å²) in [6, 6.07) is 0. The molecule has 80 valence electrons. The molecule has 1 saturated heterocycles. The lowest BCUT2D eigenvalue weighted by Gasteiger charge is -2.29. The zero-order valence-corrected chi connectivity index (χ0v) is 8.87. The van der Waals surface area contributed by atoms with E-state index in [1.165, 1.54) is 0 Å². The number of unbranched alkanes of at least 4 members (excludes halogenated alkanes) is 1. The van der Waals surface area contributed by atoms with Crippen molar-refractivity contribution >= 4 is 12.2 Å². The number of piperidine rings is 1. The highest BCUT2D eigenvalue weighted by atomic mass is 16.2. The lowest BCUT2D eigenvalue weighted by atomic mass is 9.98. The number of likely N-dealkylation sites (tertiary alicyclic amines) is 1. The van der Waals surface area contributed by atoms with Crippen LogP contribution in [-0.4, -0.2) is 30.2 Å². The molecule has 3 heteroatoms. The number of hydrogen-bond donors (Lipinski definition) is 0. The maximum atomic E-state index is 11.6. The van der Waals surface area contributed by atoms with Gasteiger partial charge in [0, 0.05) is 25.4 Å². The summed E-state index contributed by atoms with van der Waals surface area (Å²) >= 11 is 0. The average Bonchev–Trinajstić information content (AvgIpc) is 2.26. The quantitative estimate of drug-likeness (QED) is 0.642. The summed E-state index contributed by atoms with van der Waals surface area (Å²) in [6.07, 6.45) is 5.43. The molecular formula is C11H19NO2. The summed E-state index contributed by atoms with van der Waals surface area (Å²) in [6.45, 7) is 3.63. The van der Waals surface area contributed by atoms with E-state index in [1.807, 2.05) is 4.90 Å². The van der Waals surface area contributed by atoms with Crippen LogP contribution in [0.1, 0.15) is 39.0 Å². The molecular weight excluding hydrogens is 178 g/mol. The maximum Gasteiger partial charge on any atom is 0.222 e. The number of rotatable bonds is 4. The van der Waals surface area contributed by atoms with Crippen LogP contribution in [0.5, 0.6) is 0 Å². The highest BCUT2D eigenvalue weighted by Crippen LogP contribution is 2.16. The fourth-order valence-electron chi connectivity index (χ4n) is 1.77. The van der Waals surface area contributed by atoms with Crippen LogP contribution < -0.4 is 0 Å². The molecule has 0 bridgehead atoms. The van der Waals surface area contributed by atoms with Crippen LogP contribution >= 0.6 is 0 Å². The van der Waals surface area contributed by atoms with Crippen LogP contribution in [0.15, 0.2) is 0 Å². The molecule has 0 atom stereocenters. The molecule has 1 fully saturated rings. The Bertz CT molecular complexity index is 195. The second-order valence-corrected chi connectivity index (χ2v) is 3.96. The molecule has 0 N–H and O–H groups in total. The van der Waals surface area contributed by atoms with Crippen molar-refractivity contribution in [1.29, 1.82) is 0 Å². The van der Waals surface area contributed by atoms with Crippen LogP contribution in [0.2, 0.25) is 0 Å². The van der Waals surface area contributed by atoms with Gasteiger partial charge in [0.05, 0.1) is 0 Å². The predicted molar refractivity (Wildman–Crippen MR) is 54.9 cm³/mol. The Kier molecular flexibility index (Phi) is 4.63. The van der Waals surface area contributed by atoms with Crippen molar-refractivity contribution in [2.75, 3.05) is 13.1 Å². The summed E-state index contributed by atoms with van der Waals surface area (Å²) in [4.78, 5) is 24.0. The molecule has 1 heterocycles. The standard InChI is InChI=1S/C11H19NO2/c1-2-3-4-11(14)12-7-5-10(9-13)6-8-12/h9-10H,2-8H2,1H3. The first-order valence-electron chi connectivity index (χ1n) is 5.51. The SMILES string of the molecule is CCCCC(=O)N1CCC(C=O)CC1. The van der Waals surface area contributed by atoms with E-state index in [1.54, 1.807) is 0 Å². The molecule has 1 amide bonds. The third kappa shape index (κ3) is 3.13. The molecule has 0 aliphatic carbocycles. The van der Waals surface area contributed by atoms with E-state index in [2.05, 4.69) is 6.92 Å². The van der Waals surface area contributed by atoms with E-state index < -0.39 is 0 Å². The highest BCUT2D eigenvalue weighted by molar-refractivity contribution is 5.76. The van der Waals surface area contributed by atoms with Gasteiger partial charge in [0.15, 0.2) is 0 Å². The molecule has 1 aliphatic rings. The molecule has 0 aromatic carbocycles. The average molecular weight is 197 g/mol. The van der Waals surface area contributed by atoms with Gasteiger partial charge in [0.25, 0.3) is 0 Å². The number of carbonyl (C=O) groups is 2. The molecule has 0 aromatic rings. The zero-order valence-electron chi connectivity index (χ0n) is 8.87. The van der Waals surface area contributed by atoms with Crippen molar-refractivity contribution in [2.45, 2.75) is 39.0 Å². The lowest BCUT2D eigenvalue weighted by Crippen LogP contribution is -2.38. The molecule has 0 radical (unpaired) electrons. The Morgan fingerprint density at radius 1 is 1.43 bits per heavy atom. The Labute approximate surface area is 85.5 Å². The van der Waals surface area contributed by atoms with Crippen LogP contribution in [0, 0.1) is 5.92 Å². The summed E-state index contributed by atoms with van der Waals surface area (Å²) in [7, 11) is 0. The van der Waals surface area contributed by atoms with Gasteiger partial charge >= 0.3 is 0 Å². The van der Waals surface area contributed by atoms with Crippen molar-refractivity contribution < 1.29 is 9.59 Å². The molecule has 14 heavy (non-hydrogen) atoms. The fourth-order valence-corrected chi connectivity index (χ4v) is 1.77. The first kappa shape index (κ1) is 11.2. The molecule has 1 rings (SSSR count). The van der Waals surface area contributed by atoms with E-state index in [0.29, 0.717) is 6.42 Å². The van der Waals surface area contributed by atoms with Gasteiger partial charge in [-0.15, -0.1) is 0 Å². The Balaban J connectivity index is 2.26. The molecule has 0 saturated carbocycles. The van der Waals surface area contributed by atoms with Crippen molar-refractivity contribution in [3.8, 4) is 0 Å². The van der Waals surface area contributed by atoms with Crippen molar-refractivity contribution in [3.05, 3.63) is 0 Å². The van der Waals surface area contributed by atoms with Crippen molar-refractivity contribution in [3.63, 3.8) is 0 Å². The molecule has 1 aliphatic heterocycles. The summed E-state index contributed by atoms with van der Waals surface area (Å²) in [5, 5.41) is 0. The molecule has 0 spiro atoms. The third-order valence-corrected chi connectivity index (χ3v) is 2.83. The minimum Gasteiger partial charge on any atom is -0.343 e. The van der Waals surface area contributed by atoms with Gasteiger partial charge in [-0.3, -0.25) is 4.79 Å². The van der Waals surface area contributed by atoms with Gasteiger partial charge in [-0.25, -0.2) is 0 Å². The topological polar surface area (TPSA) is 37.4 Å². The summed E-state index contributed by atoms with van der Waals surface area (Å²) in [5.41, 5.74) is 0. The van der Waals surface area contributed by atoms with E-state index in [4.69, 9.17) is 0 Å². The Morgan fingerprint density at radius 3 is 2.57 bits per heavy atom. The second kappa shape index (κ2) is 5.78. The number of nitrogens with zero attached hydrogens (tertiary/aromatic N) is 1. The highest BCUT2D eigenvalue weighted by Gasteiger charge is 2.21. The number of aldehydes is 1. The van der Waals surface area contributed by atoms with Crippen LogP contribution in [0.3, 0.4) is 0 Å². The minimum atomic E-state index is 0.185. The normalized spacial score (nSPS) is 18.2. The smallest absolute Gasteiger partial charge is 0.222 e. The maximum absolute atomic E-state index is 11.6. The van der Waals surface area contributed by atoms with E-state index in [9.17, 15) is 9.59 Å². The van der Waals surface area contributed by atoms with Gasteiger partial charge in [-0.05, 0) is 19.3 Å². The number of amides is 1. The van der Waals surface area contributed by atoms with Crippen LogP contribution in [-0.2, 0) is 9.59 Å².